The van der Waals surface area contributed by atoms with E-state index in [0.717, 1.165) is 64.2 Å². The van der Waals surface area contributed by atoms with E-state index in [4.69, 9.17) is 18.9 Å². The lowest BCUT2D eigenvalue weighted by Gasteiger charge is -2.26. The molecule has 0 aliphatic carbocycles. The lowest BCUT2D eigenvalue weighted by atomic mass is 10.1. The summed E-state index contributed by atoms with van der Waals surface area (Å²) in [6, 6.07) is 0. The number of hydrogen-bond acceptors (Lipinski definition) is 8. The number of allylic oxidation sites excluding steroid dienone is 13. The standard InChI is InChI=1S/C50H83NO8/c1-6-8-10-12-14-16-18-20-22-23-24-25-27-28-30-32-34-36-38-40-47(52)57-44-46(45-58-50(49(54)55)56-43-42-51(3,4)5)59-48(53)41-39-37-35-33-31-29-26-21-19-17-15-13-11-9-7-2/h9,11,14-17,20-22,26,31,33,37,39,46,50H,6-8,10,12-13,18-19,23-25,27-30,32,34-36,38,40-45H2,1-5H3/b11-9-,16-14-,17-15-,22-20-,26-21-,33-31-,39-37-. The highest BCUT2D eigenvalue weighted by Gasteiger charge is 2.21. The molecule has 0 aromatic carbocycles. The molecular formula is C50H83NO8. The van der Waals surface area contributed by atoms with E-state index in [9.17, 15) is 19.5 Å². The maximum atomic E-state index is 12.7. The molecule has 0 aliphatic heterocycles. The quantitative estimate of drug-likeness (QED) is 0.0197. The van der Waals surface area contributed by atoms with E-state index in [0.29, 0.717) is 17.4 Å². The van der Waals surface area contributed by atoms with Crippen LogP contribution in [-0.2, 0) is 33.3 Å². The Morgan fingerprint density at radius 1 is 0.542 bits per heavy atom. The number of rotatable bonds is 40. The molecule has 0 aliphatic rings. The minimum absolute atomic E-state index is 0.0105. The number of quaternary nitrogens is 1. The molecule has 0 heterocycles. The van der Waals surface area contributed by atoms with Crippen LogP contribution in [0.25, 0.3) is 0 Å². The Balaban J connectivity index is 4.54. The van der Waals surface area contributed by atoms with Crippen molar-refractivity contribution in [2.24, 2.45) is 0 Å². The normalized spacial score (nSPS) is 13.7. The Hall–Kier alpha value is -3.53. The minimum atomic E-state index is -1.65. The fourth-order valence-corrected chi connectivity index (χ4v) is 5.64. The minimum Gasteiger partial charge on any atom is -0.545 e. The molecular weight excluding hydrogens is 743 g/mol. The van der Waals surface area contributed by atoms with Crippen molar-refractivity contribution in [1.29, 1.82) is 0 Å². The topological polar surface area (TPSA) is 111 Å². The van der Waals surface area contributed by atoms with Gasteiger partial charge in [0.1, 0.15) is 13.2 Å². The number of nitrogens with zero attached hydrogens (tertiary/aromatic N) is 1. The van der Waals surface area contributed by atoms with Crippen molar-refractivity contribution in [3.8, 4) is 0 Å². The monoisotopic (exact) mass is 826 g/mol. The molecule has 0 aromatic rings. The number of hydrogen-bond donors (Lipinski definition) is 0. The summed E-state index contributed by atoms with van der Waals surface area (Å²) in [5.41, 5.74) is 0. The first kappa shape index (κ1) is 55.5. The zero-order valence-corrected chi connectivity index (χ0v) is 37.8. The molecule has 0 N–H and O–H groups in total. The van der Waals surface area contributed by atoms with Crippen LogP contribution in [0.2, 0.25) is 0 Å². The van der Waals surface area contributed by atoms with Gasteiger partial charge in [0.15, 0.2) is 12.4 Å². The van der Waals surface area contributed by atoms with Gasteiger partial charge in [-0.1, -0.05) is 157 Å². The van der Waals surface area contributed by atoms with Gasteiger partial charge in [0.2, 0.25) is 0 Å². The van der Waals surface area contributed by atoms with E-state index in [2.05, 4.69) is 80.7 Å². The fourth-order valence-electron chi connectivity index (χ4n) is 5.64. The third kappa shape index (κ3) is 42.4. The first-order valence-corrected chi connectivity index (χ1v) is 22.7. The maximum Gasteiger partial charge on any atom is 0.310 e. The van der Waals surface area contributed by atoms with Crippen molar-refractivity contribution in [3.63, 3.8) is 0 Å². The summed E-state index contributed by atoms with van der Waals surface area (Å²) in [4.78, 5) is 36.9. The van der Waals surface area contributed by atoms with Gasteiger partial charge in [0.25, 0.3) is 0 Å². The number of carboxylic acid groups (broad SMARTS) is 1. The van der Waals surface area contributed by atoms with E-state index in [-0.39, 0.29) is 32.7 Å². The molecule has 0 aromatic heterocycles. The van der Waals surface area contributed by atoms with Gasteiger partial charge in [-0.05, 0) is 70.6 Å². The number of esters is 2. The van der Waals surface area contributed by atoms with Gasteiger partial charge < -0.3 is 33.3 Å². The average molecular weight is 826 g/mol. The Labute approximate surface area is 359 Å². The maximum absolute atomic E-state index is 12.7. The van der Waals surface area contributed by atoms with Crippen LogP contribution in [-0.4, -0.2) is 82.3 Å². The molecule has 0 bridgehead atoms. The number of carbonyl (C=O) groups excluding carboxylic acids is 3. The number of ether oxygens (including phenoxy) is 4. The summed E-state index contributed by atoms with van der Waals surface area (Å²) in [7, 11) is 5.87. The van der Waals surface area contributed by atoms with E-state index < -0.39 is 30.3 Å². The zero-order valence-electron chi connectivity index (χ0n) is 37.8. The van der Waals surface area contributed by atoms with Crippen LogP contribution >= 0.6 is 0 Å². The predicted octanol–water partition coefficient (Wildman–Crippen LogP) is 10.8. The summed E-state index contributed by atoms with van der Waals surface area (Å²) in [6.45, 7) is 4.46. The van der Waals surface area contributed by atoms with Crippen LogP contribution in [0.1, 0.15) is 155 Å². The summed E-state index contributed by atoms with van der Waals surface area (Å²) >= 11 is 0. The second-order valence-electron chi connectivity index (χ2n) is 16.0. The number of carboxylic acids is 1. The highest BCUT2D eigenvalue weighted by molar-refractivity contribution is 5.71. The molecule has 0 radical (unpaired) electrons. The van der Waals surface area contributed by atoms with Crippen LogP contribution in [0.15, 0.2) is 85.1 Å². The third-order valence-corrected chi connectivity index (χ3v) is 9.16. The first-order chi connectivity index (χ1) is 28.6. The molecule has 0 rings (SSSR count). The number of carbonyl (C=O) groups is 3. The van der Waals surface area contributed by atoms with E-state index >= 15 is 0 Å². The smallest absolute Gasteiger partial charge is 0.310 e. The van der Waals surface area contributed by atoms with Crippen LogP contribution in [0.3, 0.4) is 0 Å². The first-order valence-electron chi connectivity index (χ1n) is 22.7. The Bertz CT molecular complexity index is 1240. The molecule has 0 saturated carbocycles. The molecule has 59 heavy (non-hydrogen) atoms. The number of unbranched alkanes of at least 4 members (excludes halogenated alkanes) is 12. The fraction of sp³-hybridized carbons (Fsp3) is 0.660. The summed E-state index contributed by atoms with van der Waals surface area (Å²) < 4.78 is 22.4. The molecule has 9 heteroatoms. The van der Waals surface area contributed by atoms with Crippen LogP contribution in [0.5, 0.6) is 0 Å². The molecule has 0 saturated heterocycles. The second-order valence-corrected chi connectivity index (χ2v) is 16.0. The van der Waals surface area contributed by atoms with E-state index in [1.165, 1.54) is 57.8 Å². The molecule has 9 nitrogen and oxygen atoms in total. The lowest BCUT2D eigenvalue weighted by Crippen LogP contribution is -2.44. The molecule has 336 valence electrons. The van der Waals surface area contributed by atoms with Crippen molar-refractivity contribution in [2.45, 2.75) is 167 Å². The Morgan fingerprint density at radius 2 is 1.02 bits per heavy atom. The molecule has 0 amide bonds. The van der Waals surface area contributed by atoms with Crippen molar-refractivity contribution < 1.29 is 42.9 Å². The van der Waals surface area contributed by atoms with Crippen LogP contribution in [0, 0.1) is 0 Å². The highest BCUT2D eigenvalue weighted by Crippen LogP contribution is 2.13. The third-order valence-electron chi connectivity index (χ3n) is 9.16. The van der Waals surface area contributed by atoms with E-state index in [1.54, 1.807) is 6.08 Å². The SMILES string of the molecule is CC/C=C\C/C=C\C/C=C\C/C=C\C/C=C\CC(=O)OC(COC(=O)CCCCCCCCCCC/C=C\C/C=C\CCCCC)COC(OCC[N+](C)(C)C)C(=O)[O-]. The molecule has 2 unspecified atom stereocenters. The van der Waals surface area contributed by atoms with Gasteiger partial charge in [-0.2, -0.15) is 0 Å². The summed E-state index contributed by atoms with van der Waals surface area (Å²) in [5.74, 6) is -2.47. The van der Waals surface area contributed by atoms with Crippen LogP contribution in [0.4, 0.5) is 0 Å². The van der Waals surface area contributed by atoms with Gasteiger partial charge in [-0.25, -0.2) is 0 Å². The van der Waals surface area contributed by atoms with Gasteiger partial charge in [-0.3, -0.25) is 9.59 Å². The highest BCUT2D eigenvalue weighted by atomic mass is 16.7. The lowest BCUT2D eigenvalue weighted by molar-refractivity contribution is -0.870. The van der Waals surface area contributed by atoms with Gasteiger partial charge in [-0.15, -0.1) is 0 Å². The van der Waals surface area contributed by atoms with Crippen molar-refractivity contribution in [1.82, 2.24) is 0 Å². The zero-order chi connectivity index (χ0) is 43.5. The van der Waals surface area contributed by atoms with Gasteiger partial charge >= 0.3 is 11.9 Å². The molecule has 0 fully saturated rings. The molecule has 2 atom stereocenters. The molecule has 0 spiro atoms. The van der Waals surface area contributed by atoms with Crippen LogP contribution < -0.4 is 5.11 Å². The second kappa shape index (κ2) is 41.2. The number of likely N-dealkylation sites (N-methyl/N-ethyl adjacent to an activating group) is 1. The van der Waals surface area contributed by atoms with Crippen molar-refractivity contribution >= 4 is 17.9 Å². The average Bonchev–Trinajstić information content (AvgIpc) is 3.19. The van der Waals surface area contributed by atoms with Gasteiger partial charge in [0, 0.05) is 6.42 Å². The van der Waals surface area contributed by atoms with Gasteiger partial charge in [0.05, 0.1) is 46.7 Å². The van der Waals surface area contributed by atoms with Crippen molar-refractivity contribution in [3.05, 3.63) is 85.1 Å². The summed E-state index contributed by atoms with van der Waals surface area (Å²) in [5, 5.41) is 11.7. The Morgan fingerprint density at radius 3 is 1.53 bits per heavy atom. The number of aliphatic carboxylic acids is 1. The van der Waals surface area contributed by atoms with Crippen molar-refractivity contribution in [2.75, 3.05) is 47.5 Å². The van der Waals surface area contributed by atoms with E-state index in [1.807, 2.05) is 33.3 Å². The predicted molar refractivity (Wildman–Crippen MR) is 241 cm³/mol. The Kier molecular flexibility index (Phi) is 38.7. The summed E-state index contributed by atoms with van der Waals surface area (Å²) in [6.07, 6.45) is 49.3. The largest absolute Gasteiger partial charge is 0.545 e.